The summed E-state index contributed by atoms with van der Waals surface area (Å²) in [6.07, 6.45) is 1.36. The molecule has 2 heterocycles. The number of benzene rings is 2. The van der Waals surface area contributed by atoms with Gasteiger partial charge in [-0.2, -0.15) is 0 Å². The number of rotatable bonds is 6. The second-order valence-electron chi connectivity index (χ2n) is 7.93. The Kier molecular flexibility index (Phi) is 6.58. The SMILES string of the molecule is COc1ccccc1CC(=O)N1CCC(NC(=O)c2ccc(N3CCOC3=O)cc2)CC1. The molecule has 0 aromatic heterocycles. The van der Waals surface area contributed by atoms with Crippen molar-refractivity contribution in [2.45, 2.75) is 25.3 Å². The number of hydrogen-bond acceptors (Lipinski definition) is 5. The van der Waals surface area contributed by atoms with Gasteiger partial charge in [-0.3, -0.25) is 14.5 Å². The number of hydrogen-bond donors (Lipinski definition) is 1. The van der Waals surface area contributed by atoms with E-state index in [1.165, 1.54) is 0 Å². The van der Waals surface area contributed by atoms with E-state index in [4.69, 9.17) is 9.47 Å². The molecular formula is C24H27N3O5. The van der Waals surface area contributed by atoms with E-state index in [-0.39, 0.29) is 23.9 Å². The Balaban J connectivity index is 1.27. The third-order valence-corrected chi connectivity index (χ3v) is 5.92. The lowest BCUT2D eigenvalue weighted by Gasteiger charge is -2.32. The zero-order valence-electron chi connectivity index (χ0n) is 18.1. The molecule has 8 nitrogen and oxygen atoms in total. The predicted octanol–water partition coefficient (Wildman–Crippen LogP) is 2.62. The normalized spacial score (nSPS) is 16.6. The van der Waals surface area contributed by atoms with Gasteiger partial charge in [0.25, 0.3) is 5.91 Å². The molecule has 4 rings (SSSR count). The highest BCUT2D eigenvalue weighted by molar-refractivity contribution is 5.95. The summed E-state index contributed by atoms with van der Waals surface area (Å²) in [5.41, 5.74) is 2.13. The van der Waals surface area contributed by atoms with E-state index in [9.17, 15) is 14.4 Å². The van der Waals surface area contributed by atoms with Crippen molar-refractivity contribution in [2.75, 3.05) is 38.3 Å². The molecule has 3 amide bonds. The van der Waals surface area contributed by atoms with Crippen LogP contribution in [0.4, 0.5) is 10.5 Å². The molecule has 32 heavy (non-hydrogen) atoms. The van der Waals surface area contributed by atoms with Crippen molar-refractivity contribution in [3.05, 3.63) is 59.7 Å². The van der Waals surface area contributed by atoms with Gasteiger partial charge in [0.2, 0.25) is 5.91 Å². The minimum atomic E-state index is -0.366. The lowest BCUT2D eigenvalue weighted by Crippen LogP contribution is -2.47. The van der Waals surface area contributed by atoms with Crippen LogP contribution in [0.3, 0.4) is 0 Å². The van der Waals surface area contributed by atoms with Crippen LogP contribution in [-0.4, -0.2) is 62.2 Å². The minimum absolute atomic E-state index is 0.0195. The lowest BCUT2D eigenvalue weighted by molar-refractivity contribution is -0.131. The van der Waals surface area contributed by atoms with Crippen molar-refractivity contribution in [1.29, 1.82) is 0 Å². The Morgan fingerprint density at radius 1 is 1.06 bits per heavy atom. The van der Waals surface area contributed by atoms with E-state index in [0.29, 0.717) is 56.8 Å². The number of likely N-dealkylation sites (tertiary alicyclic amines) is 1. The zero-order chi connectivity index (χ0) is 22.5. The second-order valence-corrected chi connectivity index (χ2v) is 7.93. The Labute approximate surface area is 187 Å². The van der Waals surface area contributed by atoms with Gasteiger partial charge < -0.3 is 19.7 Å². The van der Waals surface area contributed by atoms with Crippen LogP contribution in [0.15, 0.2) is 48.5 Å². The maximum atomic E-state index is 12.7. The molecule has 0 saturated carbocycles. The summed E-state index contributed by atoms with van der Waals surface area (Å²) in [6, 6.07) is 14.5. The van der Waals surface area contributed by atoms with Gasteiger partial charge in [-0.25, -0.2) is 4.79 Å². The van der Waals surface area contributed by atoms with Gasteiger partial charge in [0.15, 0.2) is 0 Å². The molecule has 2 fully saturated rings. The van der Waals surface area contributed by atoms with Crippen LogP contribution >= 0.6 is 0 Å². The Morgan fingerprint density at radius 3 is 2.44 bits per heavy atom. The predicted molar refractivity (Wildman–Crippen MR) is 119 cm³/mol. The lowest BCUT2D eigenvalue weighted by atomic mass is 10.0. The molecule has 2 aromatic carbocycles. The van der Waals surface area contributed by atoms with Gasteiger partial charge in [0, 0.05) is 35.9 Å². The summed E-state index contributed by atoms with van der Waals surface area (Å²) in [5.74, 6) is 0.630. The molecule has 0 spiro atoms. The average molecular weight is 437 g/mol. The first-order valence-corrected chi connectivity index (χ1v) is 10.8. The number of nitrogens with zero attached hydrogens (tertiary/aromatic N) is 2. The summed E-state index contributed by atoms with van der Waals surface area (Å²) < 4.78 is 10.3. The van der Waals surface area contributed by atoms with Gasteiger partial charge >= 0.3 is 6.09 Å². The number of carbonyl (C=O) groups excluding carboxylic acids is 3. The van der Waals surface area contributed by atoms with E-state index in [0.717, 1.165) is 11.3 Å². The Morgan fingerprint density at radius 2 is 1.78 bits per heavy atom. The maximum absolute atomic E-state index is 12.7. The topological polar surface area (TPSA) is 88.2 Å². The van der Waals surface area contributed by atoms with Crippen molar-refractivity contribution in [1.82, 2.24) is 10.2 Å². The summed E-state index contributed by atoms with van der Waals surface area (Å²) >= 11 is 0. The van der Waals surface area contributed by atoms with E-state index in [1.54, 1.807) is 36.3 Å². The zero-order valence-corrected chi connectivity index (χ0v) is 18.1. The fraction of sp³-hybridized carbons (Fsp3) is 0.375. The number of amides is 3. The third kappa shape index (κ3) is 4.85. The summed E-state index contributed by atoms with van der Waals surface area (Å²) in [6.45, 7) is 2.10. The van der Waals surface area contributed by atoms with Crippen LogP contribution in [0.2, 0.25) is 0 Å². The number of cyclic esters (lactones) is 1. The monoisotopic (exact) mass is 437 g/mol. The largest absolute Gasteiger partial charge is 0.496 e. The van der Waals surface area contributed by atoms with Gasteiger partial charge in [0.1, 0.15) is 12.4 Å². The van der Waals surface area contributed by atoms with E-state index < -0.39 is 0 Å². The first-order chi connectivity index (χ1) is 15.5. The van der Waals surface area contributed by atoms with Crippen LogP contribution < -0.4 is 15.0 Å². The van der Waals surface area contributed by atoms with Crippen molar-refractivity contribution < 1.29 is 23.9 Å². The van der Waals surface area contributed by atoms with E-state index in [2.05, 4.69) is 5.32 Å². The number of para-hydroxylation sites is 1. The highest BCUT2D eigenvalue weighted by Gasteiger charge is 2.26. The molecule has 8 heteroatoms. The van der Waals surface area contributed by atoms with Crippen LogP contribution in [0.5, 0.6) is 5.75 Å². The molecule has 2 aliphatic rings. The molecule has 1 N–H and O–H groups in total. The fourth-order valence-electron chi connectivity index (χ4n) is 4.09. The number of carbonyl (C=O) groups is 3. The molecule has 0 bridgehead atoms. The molecule has 0 atom stereocenters. The number of nitrogens with one attached hydrogen (secondary N) is 1. The molecule has 0 radical (unpaired) electrons. The van der Waals surface area contributed by atoms with Crippen molar-refractivity contribution in [3.63, 3.8) is 0 Å². The van der Waals surface area contributed by atoms with Gasteiger partial charge in [-0.05, 0) is 43.2 Å². The van der Waals surface area contributed by atoms with E-state index >= 15 is 0 Å². The molecule has 0 unspecified atom stereocenters. The molecule has 2 saturated heterocycles. The summed E-state index contributed by atoms with van der Waals surface area (Å²) in [7, 11) is 1.60. The van der Waals surface area contributed by atoms with Crippen LogP contribution in [0, 0.1) is 0 Å². The van der Waals surface area contributed by atoms with Crippen molar-refractivity contribution in [3.8, 4) is 5.75 Å². The number of ether oxygens (including phenoxy) is 2. The van der Waals surface area contributed by atoms with Crippen molar-refractivity contribution >= 4 is 23.6 Å². The molecular weight excluding hydrogens is 410 g/mol. The maximum Gasteiger partial charge on any atom is 0.414 e. The smallest absolute Gasteiger partial charge is 0.414 e. The van der Waals surface area contributed by atoms with Crippen LogP contribution in [-0.2, 0) is 16.0 Å². The highest BCUT2D eigenvalue weighted by atomic mass is 16.6. The molecule has 2 aromatic rings. The number of anilines is 1. The summed E-state index contributed by atoms with van der Waals surface area (Å²) in [5, 5.41) is 3.06. The second kappa shape index (κ2) is 9.72. The first-order valence-electron chi connectivity index (χ1n) is 10.8. The third-order valence-electron chi connectivity index (χ3n) is 5.92. The Bertz CT molecular complexity index is 983. The van der Waals surface area contributed by atoms with Gasteiger partial charge in [-0.1, -0.05) is 18.2 Å². The fourth-order valence-corrected chi connectivity index (χ4v) is 4.09. The summed E-state index contributed by atoms with van der Waals surface area (Å²) in [4.78, 5) is 40.4. The standard InChI is InChI=1S/C24H27N3O5/c1-31-21-5-3-2-4-18(21)16-22(28)26-12-10-19(11-13-26)25-23(29)17-6-8-20(9-7-17)27-14-15-32-24(27)30/h2-9,19H,10-16H2,1H3,(H,25,29). The van der Waals surface area contributed by atoms with Crippen LogP contribution in [0.25, 0.3) is 0 Å². The average Bonchev–Trinajstić information content (AvgIpc) is 3.25. The van der Waals surface area contributed by atoms with Gasteiger partial charge in [0.05, 0.1) is 20.1 Å². The highest BCUT2D eigenvalue weighted by Crippen LogP contribution is 2.21. The number of methoxy groups -OCH3 is 1. The Hall–Kier alpha value is -3.55. The molecule has 0 aliphatic carbocycles. The minimum Gasteiger partial charge on any atom is -0.496 e. The van der Waals surface area contributed by atoms with Crippen LogP contribution in [0.1, 0.15) is 28.8 Å². The molecule has 2 aliphatic heterocycles. The number of piperidine rings is 1. The van der Waals surface area contributed by atoms with E-state index in [1.807, 2.05) is 29.2 Å². The van der Waals surface area contributed by atoms with Gasteiger partial charge in [-0.15, -0.1) is 0 Å². The quantitative estimate of drug-likeness (QED) is 0.751. The molecule has 168 valence electrons. The first kappa shape index (κ1) is 21.7. The van der Waals surface area contributed by atoms with Crippen molar-refractivity contribution in [2.24, 2.45) is 0 Å².